The zero-order valence-corrected chi connectivity index (χ0v) is 12.4. The first-order valence-electron chi connectivity index (χ1n) is 6.83. The van der Waals surface area contributed by atoms with Crippen LogP contribution in [0.4, 0.5) is 5.69 Å². The van der Waals surface area contributed by atoms with E-state index in [1.165, 1.54) is 0 Å². The highest BCUT2D eigenvalue weighted by Crippen LogP contribution is 2.22. The second-order valence-electron chi connectivity index (χ2n) is 5.18. The molecule has 1 aliphatic heterocycles. The smallest absolute Gasteiger partial charge is 0.214 e. The Morgan fingerprint density at radius 1 is 1.24 bits per heavy atom. The van der Waals surface area contributed by atoms with Gasteiger partial charge in [0, 0.05) is 18.7 Å². The van der Waals surface area contributed by atoms with Gasteiger partial charge in [-0.15, -0.1) is 0 Å². The normalized spacial score (nSPS) is 17.9. The lowest BCUT2D eigenvalue weighted by Crippen LogP contribution is -2.25. The van der Waals surface area contributed by atoms with Crippen LogP contribution in [0, 0.1) is 0 Å². The monoisotopic (exact) mass is 303 g/mol. The molecule has 110 valence electrons. The lowest BCUT2D eigenvalue weighted by atomic mass is 10.1. The van der Waals surface area contributed by atoms with E-state index in [4.69, 9.17) is 5.73 Å². The van der Waals surface area contributed by atoms with E-state index in [1.807, 2.05) is 30.3 Å². The SMILES string of the molecule is Nc1ccc(-c2cccc(CN3CCCS3(=O)=O)c2)nc1. The third-order valence-corrected chi connectivity index (χ3v) is 5.47. The number of sulfonamides is 1. The molecule has 0 aliphatic carbocycles. The van der Waals surface area contributed by atoms with Gasteiger partial charge >= 0.3 is 0 Å². The zero-order chi connectivity index (χ0) is 14.9. The van der Waals surface area contributed by atoms with Crippen LogP contribution in [0.25, 0.3) is 11.3 Å². The molecule has 2 aromatic rings. The van der Waals surface area contributed by atoms with E-state index in [-0.39, 0.29) is 5.75 Å². The molecule has 1 fully saturated rings. The maximum atomic E-state index is 11.9. The van der Waals surface area contributed by atoms with E-state index < -0.39 is 10.0 Å². The van der Waals surface area contributed by atoms with E-state index >= 15 is 0 Å². The number of nitrogens with zero attached hydrogens (tertiary/aromatic N) is 2. The summed E-state index contributed by atoms with van der Waals surface area (Å²) >= 11 is 0. The van der Waals surface area contributed by atoms with Crippen LogP contribution in [-0.2, 0) is 16.6 Å². The van der Waals surface area contributed by atoms with E-state index in [0.717, 1.165) is 16.8 Å². The topological polar surface area (TPSA) is 76.3 Å². The largest absolute Gasteiger partial charge is 0.397 e. The summed E-state index contributed by atoms with van der Waals surface area (Å²) in [5.74, 6) is 0.256. The summed E-state index contributed by atoms with van der Waals surface area (Å²) in [5, 5.41) is 0. The van der Waals surface area contributed by atoms with Crippen molar-refractivity contribution in [2.24, 2.45) is 0 Å². The first kappa shape index (κ1) is 14.0. The van der Waals surface area contributed by atoms with Gasteiger partial charge in [-0.3, -0.25) is 4.98 Å². The Morgan fingerprint density at radius 3 is 2.76 bits per heavy atom. The van der Waals surface area contributed by atoms with Crippen LogP contribution in [0.5, 0.6) is 0 Å². The number of nitrogen functional groups attached to an aromatic ring is 1. The Bertz CT molecular complexity index is 742. The zero-order valence-electron chi connectivity index (χ0n) is 11.6. The first-order valence-corrected chi connectivity index (χ1v) is 8.44. The lowest BCUT2D eigenvalue weighted by molar-refractivity contribution is 0.440. The van der Waals surface area contributed by atoms with Crippen LogP contribution in [0.2, 0.25) is 0 Å². The molecule has 1 aromatic heterocycles. The van der Waals surface area contributed by atoms with Gasteiger partial charge in [0.15, 0.2) is 0 Å². The van der Waals surface area contributed by atoms with Crippen molar-refractivity contribution in [1.29, 1.82) is 0 Å². The molecule has 0 amide bonds. The van der Waals surface area contributed by atoms with Gasteiger partial charge in [-0.2, -0.15) is 4.31 Å². The van der Waals surface area contributed by atoms with Gasteiger partial charge in [0.05, 0.1) is 23.3 Å². The average Bonchev–Trinajstić information content (AvgIpc) is 2.79. The number of anilines is 1. The highest BCUT2D eigenvalue weighted by atomic mass is 32.2. The Balaban J connectivity index is 1.85. The first-order chi connectivity index (χ1) is 10.0. The fourth-order valence-electron chi connectivity index (χ4n) is 2.48. The second-order valence-corrected chi connectivity index (χ2v) is 7.27. The highest BCUT2D eigenvalue weighted by molar-refractivity contribution is 7.89. The Kier molecular flexibility index (Phi) is 3.65. The van der Waals surface area contributed by atoms with E-state index in [0.29, 0.717) is 25.2 Å². The van der Waals surface area contributed by atoms with Crippen LogP contribution >= 0.6 is 0 Å². The molecule has 1 saturated heterocycles. The van der Waals surface area contributed by atoms with E-state index in [9.17, 15) is 8.42 Å². The van der Waals surface area contributed by atoms with E-state index in [2.05, 4.69) is 4.98 Å². The molecule has 0 saturated carbocycles. The lowest BCUT2D eigenvalue weighted by Gasteiger charge is -2.14. The predicted molar refractivity (Wildman–Crippen MR) is 82.9 cm³/mol. The third-order valence-electron chi connectivity index (χ3n) is 3.57. The van der Waals surface area contributed by atoms with Gasteiger partial charge in [-0.1, -0.05) is 18.2 Å². The molecule has 0 bridgehead atoms. The summed E-state index contributed by atoms with van der Waals surface area (Å²) in [6, 6.07) is 11.5. The molecule has 2 N–H and O–H groups in total. The quantitative estimate of drug-likeness (QED) is 0.939. The summed E-state index contributed by atoms with van der Waals surface area (Å²) in [5.41, 5.74) is 9.02. The van der Waals surface area contributed by atoms with E-state index in [1.54, 1.807) is 16.6 Å². The van der Waals surface area contributed by atoms with Gasteiger partial charge in [0.2, 0.25) is 10.0 Å². The summed E-state index contributed by atoms with van der Waals surface area (Å²) in [4.78, 5) is 4.29. The molecule has 0 unspecified atom stereocenters. The molecule has 0 spiro atoms. The minimum atomic E-state index is -3.07. The van der Waals surface area contributed by atoms with Crippen LogP contribution < -0.4 is 5.73 Å². The molecule has 5 nitrogen and oxygen atoms in total. The Labute approximate surface area is 124 Å². The van der Waals surface area contributed by atoms with Crippen molar-refractivity contribution in [3.8, 4) is 11.3 Å². The fraction of sp³-hybridized carbons (Fsp3) is 0.267. The predicted octanol–water partition coefficient (Wildman–Crippen LogP) is 1.87. The van der Waals surface area contributed by atoms with Crippen molar-refractivity contribution in [2.45, 2.75) is 13.0 Å². The number of rotatable bonds is 3. The second kappa shape index (κ2) is 5.46. The summed E-state index contributed by atoms with van der Waals surface area (Å²) in [6.45, 7) is 1.03. The Hall–Kier alpha value is -1.92. The standard InChI is InChI=1S/C15H17N3O2S/c16-14-5-6-15(17-10-14)13-4-1-3-12(9-13)11-18-7-2-8-21(18,19)20/h1,3-6,9-10H,2,7-8,11,16H2. The minimum absolute atomic E-state index is 0.256. The van der Waals surface area contributed by atoms with Crippen molar-refractivity contribution in [1.82, 2.24) is 9.29 Å². The van der Waals surface area contributed by atoms with Crippen LogP contribution in [-0.4, -0.2) is 30.0 Å². The van der Waals surface area contributed by atoms with Gasteiger partial charge in [-0.25, -0.2) is 8.42 Å². The molecule has 21 heavy (non-hydrogen) atoms. The van der Waals surface area contributed by atoms with Crippen LogP contribution in [0.3, 0.4) is 0 Å². The number of aromatic nitrogens is 1. The molecule has 6 heteroatoms. The van der Waals surface area contributed by atoms with Crippen molar-refractivity contribution >= 4 is 15.7 Å². The van der Waals surface area contributed by atoms with Crippen LogP contribution in [0.15, 0.2) is 42.6 Å². The van der Waals surface area contributed by atoms with Crippen molar-refractivity contribution in [2.75, 3.05) is 18.0 Å². The van der Waals surface area contributed by atoms with Gasteiger partial charge < -0.3 is 5.73 Å². The number of hydrogen-bond acceptors (Lipinski definition) is 4. The summed E-state index contributed by atoms with van der Waals surface area (Å²) < 4.78 is 25.3. The fourth-order valence-corrected chi connectivity index (χ4v) is 3.98. The molecule has 3 rings (SSSR count). The molecule has 1 aromatic carbocycles. The average molecular weight is 303 g/mol. The third kappa shape index (κ3) is 3.06. The summed E-state index contributed by atoms with van der Waals surface area (Å²) in [7, 11) is -3.07. The molecule has 2 heterocycles. The molecular weight excluding hydrogens is 286 g/mol. The van der Waals surface area contributed by atoms with Gasteiger partial charge in [0.1, 0.15) is 0 Å². The van der Waals surface area contributed by atoms with Crippen LogP contribution in [0.1, 0.15) is 12.0 Å². The summed E-state index contributed by atoms with van der Waals surface area (Å²) in [6.07, 6.45) is 2.33. The maximum Gasteiger partial charge on any atom is 0.214 e. The maximum absolute atomic E-state index is 11.9. The van der Waals surface area contributed by atoms with Crippen molar-refractivity contribution in [3.05, 3.63) is 48.2 Å². The number of benzene rings is 1. The minimum Gasteiger partial charge on any atom is -0.397 e. The van der Waals surface area contributed by atoms with Gasteiger partial charge in [-0.05, 0) is 30.2 Å². The number of pyridine rings is 1. The highest BCUT2D eigenvalue weighted by Gasteiger charge is 2.27. The molecule has 1 aliphatic rings. The Morgan fingerprint density at radius 2 is 2.10 bits per heavy atom. The van der Waals surface area contributed by atoms with Gasteiger partial charge in [0.25, 0.3) is 0 Å². The number of hydrogen-bond donors (Lipinski definition) is 1. The molecule has 0 radical (unpaired) electrons. The molecule has 0 atom stereocenters. The van der Waals surface area contributed by atoms with Crippen molar-refractivity contribution < 1.29 is 8.42 Å². The number of nitrogens with two attached hydrogens (primary N) is 1. The molecular formula is C15H17N3O2S. The van der Waals surface area contributed by atoms with Crippen molar-refractivity contribution in [3.63, 3.8) is 0 Å².